The lowest BCUT2D eigenvalue weighted by atomic mass is 10.1. The zero-order valence-electron chi connectivity index (χ0n) is 17.5. The first-order valence-corrected chi connectivity index (χ1v) is 11.2. The van der Waals surface area contributed by atoms with Gasteiger partial charge in [0.05, 0.1) is 19.6 Å². The van der Waals surface area contributed by atoms with Crippen LogP contribution in [0.4, 0.5) is 5.69 Å². The number of nitrogens with one attached hydrogen (secondary N) is 1. The maximum atomic E-state index is 12.8. The molecule has 1 aliphatic heterocycles. The van der Waals surface area contributed by atoms with E-state index >= 15 is 0 Å². The number of ether oxygens (including phenoxy) is 1. The van der Waals surface area contributed by atoms with Gasteiger partial charge in [-0.3, -0.25) is 9.69 Å². The van der Waals surface area contributed by atoms with Gasteiger partial charge in [-0.2, -0.15) is 4.98 Å². The predicted octanol–water partition coefficient (Wildman–Crippen LogP) is 2.48. The van der Waals surface area contributed by atoms with E-state index < -0.39 is 0 Å². The topological polar surface area (TPSA) is 84.7 Å². The van der Waals surface area contributed by atoms with Crippen LogP contribution in [0, 0.1) is 13.8 Å². The van der Waals surface area contributed by atoms with Crippen molar-refractivity contribution >= 4 is 29.1 Å². The average molecular weight is 427 g/mol. The van der Waals surface area contributed by atoms with Crippen molar-refractivity contribution in [1.29, 1.82) is 0 Å². The summed E-state index contributed by atoms with van der Waals surface area (Å²) in [5.41, 5.74) is 4.55. The number of nitrogens with zero attached hydrogens (tertiary/aromatic N) is 5. The summed E-state index contributed by atoms with van der Waals surface area (Å²) in [7, 11) is 0. The van der Waals surface area contributed by atoms with E-state index in [9.17, 15) is 4.79 Å². The number of aromatic nitrogens is 4. The van der Waals surface area contributed by atoms with Gasteiger partial charge in [0.25, 0.3) is 5.78 Å². The van der Waals surface area contributed by atoms with Crippen molar-refractivity contribution in [3.8, 4) is 0 Å². The first kappa shape index (κ1) is 20.8. The molecule has 158 valence electrons. The number of hydrogen-bond acceptors (Lipinski definition) is 7. The number of aryl methyl sites for hydroxylation is 2. The molecule has 9 heteroatoms. The van der Waals surface area contributed by atoms with Crippen LogP contribution in [0.1, 0.15) is 22.5 Å². The molecule has 8 nitrogen and oxygen atoms in total. The van der Waals surface area contributed by atoms with E-state index in [0.717, 1.165) is 55.5 Å². The Labute approximate surface area is 180 Å². The van der Waals surface area contributed by atoms with Crippen molar-refractivity contribution in [1.82, 2.24) is 24.5 Å². The number of morpholine rings is 1. The lowest BCUT2D eigenvalue weighted by Gasteiger charge is -2.26. The monoisotopic (exact) mass is 426 g/mol. The van der Waals surface area contributed by atoms with E-state index in [-0.39, 0.29) is 12.3 Å². The van der Waals surface area contributed by atoms with Crippen molar-refractivity contribution < 1.29 is 9.53 Å². The van der Waals surface area contributed by atoms with Crippen LogP contribution in [0.15, 0.2) is 29.4 Å². The highest BCUT2D eigenvalue weighted by atomic mass is 32.2. The summed E-state index contributed by atoms with van der Waals surface area (Å²) < 4.78 is 7.12. The fraction of sp³-hybridized carbons (Fsp3) is 0.429. The number of carbonyl (C=O) groups excluding carboxylic acids is 1. The Bertz CT molecular complexity index is 1060. The Morgan fingerprint density at radius 3 is 2.80 bits per heavy atom. The Hall–Kier alpha value is -2.49. The second-order valence-corrected chi connectivity index (χ2v) is 8.16. The second-order valence-electron chi connectivity index (χ2n) is 7.39. The van der Waals surface area contributed by atoms with Crippen molar-refractivity contribution in [2.24, 2.45) is 0 Å². The Morgan fingerprint density at radius 1 is 1.23 bits per heavy atom. The van der Waals surface area contributed by atoms with Gasteiger partial charge in [-0.05, 0) is 37.8 Å². The molecular formula is C21H26N6O2S. The van der Waals surface area contributed by atoms with Crippen LogP contribution in [0.2, 0.25) is 0 Å². The number of anilines is 1. The standard InChI is InChI=1S/C21H26N6O2S/c1-14-18(15(2)27-20(22-14)24-21(25-27)30-3)12-19(28)23-17-6-4-5-16(11-17)13-26-7-9-29-10-8-26/h4-6,11H,7-10,12-13H2,1-3H3,(H,23,28). The summed E-state index contributed by atoms with van der Waals surface area (Å²) in [6, 6.07) is 8.03. The van der Waals surface area contributed by atoms with Gasteiger partial charge in [-0.25, -0.2) is 9.50 Å². The third kappa shape index (κ3) is 4.63. The van der Waals surface area contributed by atoms with Crippen LogP contribution in [0.3, 0.4) is 0 Å². The summed E-state index contributed by atoms with van der Waals surface area (Å²) in [5, 5.41) is 8.15. The summed E-state index contributed by atoms with van der Waals surface area (Å²) in [4.78, 5) is 24.0. The number of hydrogen-bond donors (Lipinski definition) is 1. The number of rotatable bonds is 6. The predicted molar refractivity (Wildman–Crippen MR) is 117 cm³/mol. The molecule has 0 saturated carbocycles. The number of fused-ring (bicyclic) bond motifs is 1. The first-order valence-electron chi connectivity index (χ1n) is 9.99. The molecule has 1 saturated heterocycles. The van der Waals surface area contributed by atoms with E-state index in [4.69, 9.17) is 4.74 Å². The molecule has 0 radical (unpaired) electrons. The zero-order chi connectivity index (χ0) is 21.1. The molecule has 2 aromatic heterocycles. The molecular weight excluding hydrogens is 400 g/mol. The summed E-state index contributed by atoms with van der Waals surface area (Å²) in [5.74, 6) is 0.491. The smallest absolute Gasteiger partial charge is 0.253 e. The molecule has 0 aliphatic carbocycles. The second kappa shape index (κ2) is 9.11. The van der Waals surface area contributed by atoms with Gasteiger partial charge in [0, 0.05) is 42.3 Å². The Balaban J connectivity index is 1.46. The van der Waals surface area contributed by atoms with Gasteiger partial charge < -0.3 is 10.1 Å². The molecule has 30 heavy (non-hydrogen) atoms. The molecule has 0 unspecified atom stereocenters. The normalized spacial score (nSPS) is 14.9. The largest absolute Gasteiger partial charge is 0.379 e. The Morgan fingerprint density at radius 2 is 2.03 bits per heavy atom. The van der Waals surface area contributed by atoms with Gasteiger partial charge in [0.15, 0.2) is 0 Å². The minimum atomic E-state index is -0.0731. The van der Waals surface area contributed by atoms with Crippen molar-refractivity contribution in [2.45, 2.75) is 32.0 Å². The van der Waals surface area contributed by atoms with E-state index in [1.54, 1.807) is 4.52 Å². The van der Waals surface area contributed by atoms with Gasteiger partial charge in [-0.15, -0.1) is 5.10 Å². The quantitative estimate of drug-likeness (QED) is 0.606. The summed E-state index contributed by atoms with van der Waals surface area (Å²) >= 11 is 1.47. The van der Waals surface area contributed by atoms with Crippen molar-refractivity contribution in [3.63, 3.8) is 0 Å². The van der Waals surface area contributed by atoms with Crippen LogP contribution >= 0.6 is 11.8 Å². The van der Waals surface area contributed by atoms with Gasteiger partial charge in [0.1, 0.15) is 0 Å². The minimum Gasteiger partial charge on any atom is -0.379 e. The average Bonchev–Trinajstić information content (AvgIpc) is 3.15. The van der Waals surface area contributed by atoms with Crippen LogP contribution in [0.25, 0.3) is 5.78 Å². The SMILES string of the molecule is CSc1nc2nc(C)c(CC(=O)Nc3cccc(CN4CCOCC4)c3)c(C)n2n1. The third-order valence-electron chi connectivity index (χ3n) is 5.27. The lowest BCUT2D eigenvalue weighted by molar-refractivity contribution is -0.115. The molecule has 3 aromatic rings. The molecule has 0 bridgehead atoms. The first-order chi connectivity index (χ1) is 14.5. The molecule has 1 N–H and O–H groups in total. The molecule has 1 fully saturated rings. The van der Waals surface area contributed by atoms with E-state index in [1.807, 2.05) is 38.3 Å². The summed E-state index contributed by atoms with van der Waals surface area (Å²) in [6.07, 6.45) is 2.17. The van der Waals surface area contributed by atoms with Crippen molar-refractivity contribution in [2.75, 3.05) is 37.9 Å². The zero-order valence-corrected chi connectivity index (χ0v) is 18.3. The highest BCUT2D eigenvalue weighted by Crippen LogP contribution is 2.19. The Kier molecular flexibility index (Phi) is 6.31. The van der Waals surface area contributed by atoms with Crippen LogP contribution < -0.4 is 5.32 Å². The third-order valence-corrected chi connectivity index (χ3v) is 5.81. The van der Waals surface area contributed by atoms with E-state index in [1.165, 1.54) is 17.3 Å². The van der Waals surface area contributed by atoms with Gasteiger partial charge in [-0.1, -0.05) is 23.9 Å². The molecule has 1 aromatic carbocycles. The van der Waals surface area contributed by atoms with Gasteiger partial charge >= 0.3 is 0 Å². The maximum absolute atomic E-state index is 12.8. The van der Waals surface area contributed by atoms with E-state index in [2.05, 4.69) is 31.3 Å². The van der Waals surface area contributed by atoms with Crippen molar-refractivity contribution in [3.05, 3.63) is 46.8 Å². The molecule has 0 atom stereocenters. The molecule has 1 amide bonds. The highest BCUT2D eigenvalue weighted by molar-refractivity contribution is 7.98. The van der Waals surface area contributed by atoms with Gasteiger partial charge in [0.2, 0.25) is 11.1 Å². The fourth-order valence-electron chi connectivity index (χ4n) is 3.66. The number of benzene rings is 1. The summed E-state index contributed by atoms with van der Waals surface area (Å²) in [6.45, 7) is 8.14. The van der Waals surface area contributed by atoms with Crippen LogP contribution in [-0.4, -0.2) is 62.9 Å². The number of amides is 1. The van der Waals surface area contributed by atoms with Crippen LogP contribution in [-0.2, 0) is 22.5 Å². The number of carbonyl (C=O) groups is 1. The molecule has 1 aliphatic rings. The number of thioether (sulfide) groups is 1. The maximum Gasteiger partial charge on any atom is 0.253 e. The van der Waals surface area contributed by atoms with Crippen LogP contribution in [0.5, 0.6) is 0 Å². The fourth-order valence-corrected chi connectivity index (χ4v) is 4.00. The molecule has 0 spiro atoms. The molecule has 3 heterocycles. The minimum absolute atomic E-state index is 0.0731. The van der Waals surface area contributed by atoms with E-state index in [0.29, 0.717) is 10.9 Å². The lowest BCUT2D eigenvalue weighted by Crippen LogP contribution is -2.35. The molecule has 4 rings (SSSR count). The highest BCUT2D eigenvalue weighted by Gasteiger charge is 2.16.